The summed E-state index contributed by atoms with van der Waals surface area (Å²) in [5, 5.41) is 0. The topological polar surface area (TPSA) is 50.3 Å². The Labute approximate surface area is 107 Å². The molecule has 1 fully saturated rings. The molecule has 0 saturated carbocycles. The number of pyridine rings is 1. The summed E-state index contributed by atoms with van der Waals surface area (Å²) in [6.45, 7) is 4.28. The number of nitrogens with zero attached hydrogens (tertiary/aromatic N) is 2. The van der Waals surface area contributed by atoms with Gasteiger partial charge in [0.05, 0.1) is 13.0 Å². The largest absolute Gasteiger partial charge is 0.330 e. The van der Waals surface area contributed by atoms with Crippen molar-refractivity contribution in [1.29, 1.82) is 0 Å². The second-order valence-electron chi connectivity index (χ2n) is 5.36. The van der Waals surface area contributed by atoms with Gasteiger partial charge in [0.2, 0.25) is 5.91 Å². The van der Waals surface area contributed by atoms with E-state index in [0.29, 0.717) is 12.8 Å². The number of hydrogen-bond donors (Lipinski definition) is 0. The van der Waals surface area contributed by atoms with Crippen molar-refractivity contribution >= 4 is 11.7 Å². The molecule has 0 atom stereocenters. The predicted octanol–water partition coefficient (Wildman–Crippen LogP) is 1.59. The third kappa shape index (κ3) is 2.75. The quantitative estimate of drug-likeness (QED) is 0.796. The maximum atomic E-state index is 12.3. The molecule has 2 rings (SSSR count). The fraction of sp³-hybridized carbons (Fsp3) is 0.500. The van der Waals surface area contributed by atoms with Crippen LogP contribution in [0.15, 0.2) is 24.5 Å². The first-order chi connectivity index (χ1) is 8.49. The highest BCUT2D eigenvalue weighted by molar-refractivity contribution is 5.88. The molecule has 0 spiro atoms. The van der Waals surface area contributed by atoms with Crippen LogP contribution in [0.5, 0.6) is 0 Å². The van der Waals surface area contributed by atoms with Crippen LogP contribution in [0.4, 0.5) is 0 Å². The van der Waals surface area contributed by atoms with E-state index in [1.54, 1.807) is 17.3 Å². The van der Waals surface area contributed by atoms with Crippen LogP contribution < -0.4 is 0 Å². The van der Waals surface area contributed by atoms with Gasteiger partial charge in [-0.05, 0) is 38.0 Å². The molecule has 1 saturated heterocycles. The summed E-state index contributed by atoms with van der Waals surface area (Å²) in [4.78, 5) is 29.4. The number of amides is 1. The highest BCUT2D eigenvalue weighted by atomic mass is 16.2. The molecule has 96 valence electrons. The van der Waals surface area contributed by atoms with Gasteiger partial charge in [0.1, 0.15) is 0 Å². The van der Waals surface area contributed by atoms with Crippen LogP contribution in [0.2, 0.25) is 0 Å². The summed E-state index contributed by atoms with van der Waals surface area (Å²) >= 11 is 0. The molecule has 1 aliphatic heterocycles. The van der Waals surface area contributed by atoms with Gasteiger partial charge in [-0.25, -0.2) is 0 Å². The Balaban J connectivity index is 2.10. The Morgan fingerprint density at radius 1 is 1.39 bits per heavy atom. The number of rotatable bonds is 2. The Hall–Kier alpha value is -1.71. The Kier molecular flexibility index (Phi) is 3.45. The second kappa shape index (κ2) is 4.88. The summed E-state index contributed by atoms with van der Waals surface area (Å²) in [6, 6.07) is 3.66. The highest BCUT2D eigenvalue weighted by Gasteiger charge is 2.36. The molecular formula is C14H18N2O2. The maximum Gasteiger partial charge on any atom is 0.227 e. The van der Waals surface area contributed by atoms with Crippen LogP contribution in [0.1, 0.15) is 32.3 Å². The number of hydrogen-bond acceptors (Lipinski definition) is 3. The number of Topliss-reactive ketones (excluding diaryl/α,β-unsaturated/α-hetero) is 1. The summed E-state index contributed by atoms with van der Waals surface area (Å²) in [7, 11) is 0. The van der Waals surface area contributed by atoms with Gasteiger partial charge in [-0.1, -0.05) is 0 Å². The van der Waals surface area contributed by atoms with Crippen LogP contribution in [0, 0.1) is 0 Å². The molecule has 0 N–H and O–H groups in total. The van der Waals surface area contributed by atoms with Crippen LogP contribution >= 0.6 is 0 Å². The SMILES string of the molecule is CC1(C)CCC(=O)CN1C(=O)Cc1ccncc1. The van der Waals surface area contributed by atoms with E-state index in [2.05, 4.69) is 4.98 Å². The van der Waals surface area contributed by atoms with E-state index in [0.717, 1.165) is 12.0 Å². The molecule has 2 heterocycles. The lowest BCUT2D eigenvalue weighted by Gasteiger charge is -2.41. The third-order valence-electron chi connectivity index (χ3n) is 3.49. The number of carbonyl (C=O) groups excluding carboxylic acids is 2. The molecule has 0 unspecified atom stereocenters. The van der Waals surface area contributed by atoms with E-state index in [1.165, 1.54) is 0 Å². The lowest BCUT2D eigenvalue weighted by atomic mass is 9.89. The minimum atomic E-state index is -0.224. The average Bonchev–Trinajstić information content (AvgIpc) is 2.33. The van der Waals surface area contributed by atoms with Crippen molar-refractivity contribution in [2.75, 3.05) is 6.54 Å². The fourth-order valence-electron chi connectivity index (χ4n) is 2.25. The van der Waals surface area contributed by atoms with E-state index in [4.69, 9.17) is 0 Å². The standard InChI is InChI=1S/C14H18N2O2/c1-14(2)6-3-12(17)10-16(14)13(18)9-11-4-7-15-8-5-11/h4-5,7-8H,3,6,9-10H2,1-2H3. The third-order valence-corrected chi connectivity index (χ3v) is 3.49. The molecule has 4 heteroatoms. The lowest BCUT2D eigenvalue weighted by Crippen LogP contribution is -2.54. The highest BCUT2D eigenvalue weighted by Crippen LogP contribution is 2.26. The molecule has 0 aliphatic carbocycles. The minimum absolute atomic E-state index is 0.0132. The molecule has 1 aromatic rings. The van der Waals surface area contributed by atoms with Gasteiger partial charge in [0.15, 0.2) is 5.78 Å². The van der Waals surface area contributed by atoms with Crippen LogP contribution in [0.25, 0.3) is 0 Å². The molecule has 0 aromatic carbocycles. The van der Waals surface area contributed by atoms with Crippen molar-refractivity contribution in [2.24, 2.45) is 0 Å². The van der Waals surface area contributed by atoms with E-state index < -0.39 is 0 Å². The first-order valence-electron chi connectivity index (χ1n) is 6.20. The van der Waals surface area contributed by atoms with Gasteiger partial charge in [-0.15, -0.1) is 0 Å². The summed E-state index contributed by atoms with van der Waals surface area (Å²) in [6.07, 6.45) is 5.00. The molecule has 0 radical (unpaired) electrons. The minimum Gasteiger partial charge on any atom is -0.330 e. The zero-order chi connectivity index (χ0) is 13.2. The first kappa shape index (κ1) is 12.7. The zero-order valence-electron chi connectivity index (χ0n) is 10.8. The van der Waals surface area contributed by atoms with Gasteiger partial charge in [-0.2, -0.15) is 0 Å². The Morgan fingerprint density at radius 2 is 2.06 bits per heavy atom. The van der Waals surface area contributed by atoms with Gasteiger partial charge < -0.3 is 4.90 Å². The smallest absolute Gasteiger partial charge is 0.227 e. The van der Waals surface area contributed by atoms with E-state index in [1.807, 2.05) is 26.0 Å². The van der Waals surface area contributed by atoms with Crippen molar-refractivity contribution in [3.05, 3.63) is 30.1 Å². The van der Waals surface area contributed by atoms with Crippen LogP contribution in [-0.2, 0) is 16.0 Å². The summed E-state index contributed by atoms with van der Waals surface area (Å²) in [5.41, 5.74) is 0.710. The van der Waals surface area contributed by atoms with Gasteiger partial charge in [-0.3, -0.25) is 14.6 Å². The van der Waals surface area contributed by atoms with E-state index >= 15 is 0 Å². The van der Waals surface area contributed by atoms with Crippen LogP contribution in [0.3, 0.4) is 0 Å². The number of piperidine rings is 1. The van der Waals surface area contributed by atoms with Crippen molar-refractivity contribution in [1.82, 2.24) is 9.88 Å². The Morgan fingerprint density at radius 3 is 2.72 bits per heavy atom. The lowest BCUT2D eigenvalue weighted by molar-refractivity contribution is -0.144. The number of ketones is 1. The van der Waals surface area contributed by atoms with Crippen molar-refractivity contribution in [3.8, 4) is 0 Å². The molecule has 1 aliphatic rings. The van der Waals surface area contributed by atoms with E-state index in [9.17, 15) is 9.59 Å². The fourth-order valence-corrected chi connectivity index (χ4v) is 2.25. The van der Waals surface area contributed by atoms with Crippen molar-refractivity contribution in [2.45, 2.75) is 38.6 Å². The average molecular weight is 246 g/mol. The van der Waals surface area contributed by atoms with Gasteiger partial charge in [0, 0.05) is 24.4 Å². The zero-order valence-corrected chi connectivity index (χ0v) is 10.8. The monoisotopic (exact) mass is 246 g/mol. The molecule has 18 heavy (non-hydrogen) atoms. The molecule has 1 amide bonds. The van der Waals surface area contributed by atoms with Gasteiger partial charge >= 0.3 is 0 Å². The maximum absolute atomic E-state index is 12.3. The normalized spacial score (nSPS) is 18.8. The molecular weight excluding hydrogens is 228 g/mol. The number of likely N-dealkylation sites (tertiary alicyclic amines) is 1. The van der Waals surface area contributed by atoms with Gasteiger partial charge in [0.25, 0.3) is 0 Å². The molecule has 4 nitrogen and oxygen atoms in total. The molecule has 1 aromatic heterocycles. The summed E-state index contributed by atoms with van der Waals surface area (Å²) in [5.74, 6) is 0.164. The Bertz CT molecular complexity index is 454. The van der Waals surface area contributed by atoms with Crippen molar-refractivity contribution < 1.29 is 9.59 Å². The predicted molar refractivity (Wildman–Crippen MR) is 68.0 cm³/mol. The first-order valence-corrected chi connectivity index (χ1v) is 6.20. The van der Waals surface area contributed by atoms with Crippen LogP contribution in [-0.4, -0.2) is 33.7 Å². The second-order valence-corrected chi connectivity index (χ2v) is 5.36. The summed E-state index contributed by atoms with van der Waals surface area (Å²) < 4.78 is 0. The van der Waals surface area contributed by atoms with E-state index in [-0.39, 0.29) is 23.8 Å². The van der Waals surface area contributed by atoms with Crippen molar-refractivity contribution in [3.63, 3.8) is 0 Å². The molecule has 0 bridgehead atoms. The number of aromatic nitrogens is 1. The number of carbonyl (C=O) groups is 2.